The Morgan fingerprint density at radius 1 is 0.653 bits per heavy atom. The van der Waals surface area contributed by atoms with Crippen LogP contribution in [0.1, 0.15) is 42.0 Å². The minimum atomic E-state index is -2.37. The third kappa shape index (κ3) is 19.3. The zero-order valence-corrected chi connectivity index (χ0v) is 51.3. The number of aliphatic hydroxyl groups excluding tert-OH is 5. The number of carbonyl (C=O) groups excluding carboxylic acids is 3. The third-order valence-corrected chi connectivity index (χ3v) is 16.5. The Balaban J connectivity index is 1.25. The van der Waals surface area contributed by atoms with Crippen molar-refractivity contribution in [3.8, 4) is 5.75 Å². The molecule has 34 nitrogen and oxygen atoms in total. The number of nitrogens with two attached hydrogens (primary N) is 1. The largest absolute Gasteiger partial charge is 0.497 e. The fourth-order valence-corrected chi connectivity index (χ4v) is 11.6. The molecule has 22 atom stereocenters. The second-order valence-corrected chi connectivity index (χ2v) is 22.6. The van der Waals surface area contributed by atoms with Gasteiger partial charge in [-0.1, -0.05) is 131 Å². The molecule has 0 bridgehead atoms. The average molecular weight is 1330 g/mol. The van der Waals surface area contributed by atoms with Crippen LogP contribution in [0.2, 0.25) is 0 Å². The van der Waals surface area contributed by atoms with Gasteiger partial charge in [-0.3, -0.25) is 4.79 Å². The van der Waals surface area contributed by atoms with E-state index in [9.17, 15) is 51.7 Å². The first-order valence-electron chi connectivity index (χ1n) is 30.2. The van der Waals surface area contributed by atoms with Crippen molar-refractivity contribution in [2.75, 3.05) is 26.8 Å². The lowest BCUT2D eigenvalue weighted by molar-refractivity contribution is -0.304. The van der Waals surface area contributed by atoms with E-state index < -0.39 is 179 Å². The van der Waals surface area contributed by atoms with Crippen LogP contribution in [0.25, 0.3) is 41.8 Å². The zero-order valence-electron chi connectivity index (χ0n) is 51.3. The van der Waals surface area contributed by atoms with Crippen LogP contribution in [0.15, 0.2) is 136 Å². The van der Waals surface area contributed by atoms with Crippen molar-refractivity contribution in [1.29, 1.82) is 0 Å². The Labute approximate surface area is 542 Å². The average Bonchev–Trinajstić information content (AvgIpc) is 1.22. The maximum Gasteiger partial charge on any atom is 0.407 e. The van der Waals surface area contributed by atoms with Gasteiger partial charge >= 0.3 is 12.2 Å². The van der Waals surface area contributed by atoms with E-state index in [1.54, 1.807) is 110 Å². The fourth-order valence-electron chi connectivity index (χ4n) is 11.6. The summed E-state index contributed by atoms with van der Waals surface area (Å²) in [6.07, 6.45) is -32.7. The zero-order chi connectivity index (χ0) is 68.0. The first-order valence-corrected chi connectivity index (χ1v) is 30.2. The Morgan fingerprint density at radius 3 is 1.88 bits per heavy atom. The highest BCUT2D eigenvalue weighted by Crippen LogP contribution is 2.39. The van der Waals surface area contributed by atoms with Crippen molar-refractivity contribution in [2.45, 2.75) is 175 Å². The number of carbonyl (C=O) groups is 3. The molecule has 3 aliphatic heterocycles. The molecule has 1 aliphatic carbocycles. The molecule has 0 radical (unpaired) electrons. The van der Waals surface area contributed by atoms with Crippen molar-refractivity contribution < 1.29 is 96.4 Å². The molecule has 9 N–H and O–H groups in total. The molecule has 510 valence electrons. The molecule has 0 spiro atoms. The number of ether oxygens (including phenoxy) is 11. The molecular weight excluding hydrogens is 1250 g/mol. The molecule has 1 saturated carbocycles. The van der Waals surface area contributed by atoms with Crippen LogP contribution in [0.4, 0.5) is 14.0 Å². The second-order valence-electron chi connectivity index (χ2n) is 22.6. The number of halogens is 1. The number of primary amides is 1. The summed E-state index contributed by atoms with van der Waals surface area (Å²) in [4.78, 5) is 53.3. The lowest BCUT2D eigenvalue weighted by atomic mass is 9.80. The summed E-state index contributed by atoms with van der Waals surface area (Å²) in [6, 6.07) is 25.6. The number of azide groups is 4. The van der Waals surface area contributed by atoms with E-state index in [2.05, 4.69) is 50.7 Å². The Morgan fingerprint density at radius 2 is 1.26 bits per heavy atom. The summed E-state index contributed by atoms with van der Waals surface area (Å²) in [7, 11) is 1.45. The van der Waals surface area contributed by atoms with Gasteiger partial charge in [-0.2, -0.15) is 0 Å². The molecule has 0 aromatic heterocycles. The number of benzene rings is 4. The molecule has 1 unspecified atom stereocenters. The van der Waals surface area contributed by atoms with Gasteiger partial charge in [0.25, 0.3) is 5.91 Å². The molecule has 95 heavy (non-hydrogen) atoms. The highest BCUT2D eigenvalue weighted by Gasteiger charge is 2.59. The van der Waals surface area contributed by atoms with Gasteiger partial charge in [0.2, 0.25) is 0 Å². The highest BCUT2D eigenvalue weighted by molar-refractivity contribution is 5.82. The summed E-state index contributed by atoms with van der Waals surface area (Å²) in [5.41, 5.74) is 45.8. The number of alkyl halides is 1. The number of aliphatic hydroxyl groups is 5. The Bertz CT molecular complexity index is 3310. The Kier molecular flexibility index (Phi) is 27.1. The van der Waals surface area contributed by atoms with Crippen molar-refractivity contribution in [3.63, 3.8) is 0 Å². The van der Waals surface area contributed by atoms with E-state index >= 15 is 9.18 Å². The van der Waals surface area contributed by atoms with Gasteiger partial charge in [0.05, 0.1) is 76.5 Å². The number of methoxy groups -OCH3 is 1. The van der Waals surface area contributed by atoms with Crippen LogP contribution in [-0.2, 0) is 78.4 Å². The van der Waals surface area contributed by atoms with Crippen molar-refractivity contribution in [3.05, 3.63) is 179 Å². The molecular formula is C60H74FN15O19. The molecule has 3 saturated heterocycles. The van der Waals surface area contributed by atoms with Gasteiger partial charge in [0.15, 0.2) is 25.0 Å². The van der Waals surface area contributed by atoms with E-state index in [-0.39, 0.29) is 32.5 Å². The van der Waals surface area contributed by atoms with Crippen LogP contribution < -0.4 is 21.1 Å². The van der Waals surface area contributed by atoms with E-state index in [4.69, 9.17) is 63.4 Å². The molecule has 3 heterocycles. The number of rotatable bonds is 31. The van der Waals surface area contributed by atoms with Gasteiger partial charge < -0.3 is 94.0 Å². The normalized spacial score (nSPS) is 30.0. The van der Waals surface area contributed by atoms with Crippen LogP contribution in [0.3, 0.4) is 0 Å². The minimum Gasteiger partial charge on any atom is -0.497 e. The summed E-state index contributed by atoms with van der Waals surface area (Å²) in [6.45, 7) is -1.84. The SMILES string of the molecule is COc1ccc(CO[C@H](C(=O)N[C@H]2[C@H](O)[C@@H](O[C@@H]3O[C@H](CO)[C@@H](O[C@H]4O[C@@H](CN=[N+]=[N-])[C@@H](O)[C@H](O)[C@H]4N=[N+]=[N-])[C@H]3O)[C@H](O[C@H]3O[C@H]([C@H](C)C(Cc4ccccc4)OC(N)=O)CC[C@@H]3N=[N+]=[N-])[C@@H](NC(=O)OCc3ccccc3)[C@@H]2OCc2ccccc2)[C@H](F)CN=[N+]=[N-])cc1. The number of amides is 3. The molecule has 4 aromatic carbocycles. The summed E-state index contributed by atoms with van der Waals surface area (Å²) < 4.78 is 84.3. The Hall–Kier alpha value is -8.66. The monoisotopic (exact) mass is 1330 g/mol. The predicted octanol–water partition coefficient (Wildman–Crippen LogP) is 5.16. The molecule has 3 amide bonds. The van der Waals surface area contributed by atoms with Crippen LogP contribution in [-0.4, -0.2) is 199 Å². The van der Waals surface area contributed by atoms with E-state index in [0.717, 1.165) is 5.56 Å². The second kappa shape index (κ2) is 35.7. The van der Waals surface area contributed by atoms with Crippen LogP contribution in [0.5, 0.6) is 5.75 Å². The number of alkyl carbamates (subject to hydrolysis) is 1. The van der Waals surface area contributed by atoms with Gasteiger partial charge in [0, 0.05) is 32.0 Å². The topological polar surface area (TPSA) is 499 Å². The predicted molar refractivity (Wildman–Crippen MR) is 326 cm³/mol. The molecule has 35 heteroatoms. The number of nitrogens with one attached hydrogen (secondary N) is 2. The molecule has 4 aliphatic rings. The van der Waals surface area contributed by atoms with Gasteiger partial charge in [-0.25, -0.2) is 14.0 Å². The number of nitrogens with zero attached hydrogens (tertiary/aromatic N) is 12. The summed E-state index contributed by atoms with van der Waals surface area (Å²) in [5, 5.41) is 78.2. The smallest absolute Gasteiger partial charge is 0.407 e. The third-order valence-electron chi connectivity index (χ3n) is 16.5. The lowest BCUT2D eigenvalue weighted by Gasteiger charge is -2.51. The summed E-state index contributed by atoms with van der Waals surface area (Å²) in [5.74, 6) is -1.52. The van der Waals surface area contributed by atoms with E-state index in [1.807, 2.05) is 12.1 Å². The van der Waals surface area contributed by atoms with Crippen LogP contribution in [0, 0.1) is 5.92 Å². The molecule has 4 fully saturated rings. The van der Waals surface area contributed by atoms with E-state index in [0.29, 0.717) is 22.4 Å². The van der Waals surface area contributed by atoms with Gasteiger partial charge in [0.1, 0.15) is 79.5 Å². The standard InChI is InChI=1S/C60H74FN15O19/c1-31(40(92-59(62)83)24-32-12-6-3-7-13-32)39-23-22-38(71-75-65)56(89-39)94-53-45(70-60(84)88-30-34-16-10-5-11-17-34)52(87-28-33-14-8-4-9-15-33)43(69-55(82)50(37(61)25-67-73-63)86-29-35-18-20-36(85-2)21-19-35)48(80)54(53)95-58-49(81)51(42(27-77)91-58)93-57-44(72-76-66)47(79)46(78)41(90-57)26-68-74-64/h3-21,31,37-54,56-58,77-81H,22-30H2,1-2H3,(H2,62,83)(H,69,82)(H,70,84)/t31-,37+,38-,39-,40?,41-,42+,43-,44+,45-,46+,47+,48-,49+,50-,51+,52+,53+,54+,56+,57+,58-/m0/s1. The first kappa shape index (κ1) is 72.2. The maximum absolute atomic E-state index is 16.6. The quantitative estimate of drug-likeness (QED) is 0.0183. The molecule has 8 rings (SSSR count). The fraction of sp³-hybridized carbons (Fsp3) is 0.550. The van der Waals surface area contributed by atoms with Crippen molar-refractivity contribution in [1.82, 2.24) is 10.6 Å². The van der Waals surface area contributed by atoms with Crippen molar-refractivity contribution >= 4 is 18.1 Å². The van der Waals surface area contributed by atoms with Crippen LogP contribution >= 0.6 is 0 Å². The highest BCUT2D eigenvalue weighted by atomic mass is 19.1. The summed E-state index contributed by atoms with van der Waals surface area (Å²) >= 11 is 0. The van der Waals surface area contributed by atoms with Crippen molar-refractivity contribution in [2.24, 2.45) is 32.1 Å². The lowest BCUT2D eigenvalue weighted by Crippen LogP contribution is -2.75. The maximum atomic E-state index is 16.6. The number of hydrogen-bond donors (Lipinski definition) is 8. The minimum absolute atomic E-state index is 0.0261. The van der Waals surface area contributed by atoms with E-state index in [1.165, 1.54) is 7.11 Å². The molecule has 4 aromatic rings. The van der Waals surface area contributed by atoms with Gasteiger partial charge in [-0.15, -0.1) is 0 Å². The first-order chi connectivity index (χ1) is 46.0. The van der Waals surface area contributed by atoms with Gasteiger partial charge in [-0.05, 0) is 69.4 Å². The number of hydrogen-bond acceptors (Lipinski definition) is 23.